The average molecular weight is 154 g/mol. The zero-order chi connectivity index (χ0) is 8.10. The van der Waals surface area contributed by atoms with Crippen molar-refractivity contribution in [2.45, 2.75) is 32.7 Å². The van der Waals surface area contributed by atoms with Gasteiger partial charge in [-0.1, -0.05) is 19.8 Å². The molecule has 0 aliphatic heterocycles. The number of H-pyrrole nitrogens is 1. The van der Waals surface area contributed by atoms with Gasteiger partial charge < -0.3 is 5.10 Å². The maximum absolute atomic E-state index is 10.9. The van der Waals surface area contributed by atoms with Gasteiger partial charge in [0.25, 0.3) is 5.56 Å². The largest absolute Gasteiger partial charge is 0.303 e. The molecule has 1 heterocycles. The molecule has 0 bridgehead atoms. The van der Waals surface area contributed by atoms with Gasteiger partial charge in [-0.3, -0.25) is 9.48 Å². The number of nitrogens with one attached hydrogen (secondary N) is 1. The van der Waals surface area contributed by atoms with Crippen LogP contribution in [0.1, 0.15) is 26.2 Å². The van der Waals surface area contributed by atoms with E-state index in [0.717, 1.165) is 13.0 Å². The van der Waals surface area contributed by atoms with E-state index in [1.54, 1.807) is 16.9 Å². The third-order valence-corrected chi connectivity index (χ3v) is 1.71. The van der Waals surface area contributed by atoms with Crippen LogP contribution in [0.15, 0.2) is 17.1 Å². The van der Waals surface area contributed by atoms with Crippen molar-refractivity contribution in [3.63, 3.8) is 0 Å². The average Bonchev–Trinajstić information content (AvgIpc) is 2.37. The lowest BCUT2D eigenvalue weighted by atomic mass is 10.2. The maximum Gasteiger partial charge on any atom is 0.266 e. The predicted molar refractivity (Wildman–Crippen MR) is 44.6 cm³/mol. The van der Waals surface area contributed by atoms with E-state index in [-0.39, 0.29) is 5.56 Å². The molecule has 1 N–H and O–H groups in total. The summed E-state index contributed by atoms with van der Waals surface area (Å²) in [6.45, 7) is 2.97. The lowest BCUT2D eigenvalue weighted by Crippen LogP contribution is -2.15. The first-order valence-corrected chi connectivity index (χ1v) is 4.09. The molecule has 0 spiro atoms. The molecule has 1 aromatic rings. The van der Waals surface area contributed by atoms with E-state index >= 15 is 0 Å². The fourth-order valence-corrected chi connectivity index (χ4v) is 1.05. The molecular formula is C8H14N2O. The molecule has 0 saturated heterocycles. The van der Waals surface area contributed by atoms with Crippen LogP contribution in [0.25, 0.3) is 0 Å². The number of rotatable bonds is 4. The third-order valence-electron chi connectivity index (χ3n) is 1.71. The van der Waals surface area contributed by atoms with Crippen LogP contribution in [0, 0.1) is 0 Å². The lowest BCUT2D eigenvalue weighted by molar-refractivity contribution is 0.541. The molecule has 1 aromatic heterocycles. The molecule has 0 fully saturated rings. The molecule has 62 valence electrons. The van der Waals surface area contributed by atoms with Crippen molar-refractivity contribution in [3.05, 3.63) is 22.6 Å². The van der Waals surface area contributed by atoms with Crippen molar-refractivity contribution in [3.8, 4) is 0 Å². The van der Waals surface area contributed by atoms with E-state index in [4.69, 9.17) is 0 Å². The molecule has 0 saturated carbocycles. The first kappa shape index (κ1) is 8.11. The Bertz CT molecular complexity index is 249. The first-order chi connectivity index (χ1) is 5.34. The van der Waals surface area contributed by atoms with E-state index in [2.05, 4.69) is 12.0 Å². The normalized spacial score (nSPS) is 10.3. The third kappa shape index (κ3) is 2.26. The van der Waals surface area contributed by atoms with Crippen molar-refractivity contribution < 1.29 is 0 Å². The number of nitrogens with zero attached hydrogens (tertiary/aromatic N) is 1. The van der Waals surface area contributed by atoms with Crippen LogP contribution in [-0.2, 0) is 6.54 Å². The lowest BCUT2D eigenvalue weighted by Gasteiger charge is -1.98. The fraction of sp³-hybridized carbons (Fsp3) is 0.625. The van der Waals surface area contributed by atoms with Crippen molar-refractivity contribution in [2.24, 2.45) is 0 Å². The highest BCUT2D eigenvalue weighted by Gasteiger charge is 1.93. The Balaban J connectivity index is 2.39. The highest BCUT2D eigenvalue weighted by atomic mass is 16.1. The summed E-state index contributed by atoms with van der Waals surface area (Å²) >= 11 is 0. The summed E-state index contributed by atoms with van der Waals surface area (Å²) in [5.74, 6) is 0. The van der Waals surface area contributed by atoms with Gasteiger partial charge in [-0.25, -0.2) is 0 Å². The summed E-state index contributed by atoms with van der Waals surface area (Å²) in [5.41, 5.74) is 0.0705. The SMILES string of the molecule is CCCCCn1[nH]ccc1=O. The van der Waals surface area contributed by atoms with E-state index < -0.39 is 0 Å². The van der Waals surface area contributed by atoms with E-state index in [0.29, 0.717) is 0 Å². The summed E-state index contributed by atoms with van der Waals surface area (Å²) in [6.07, 6.45) is 5.13. The summed E-state index contributed by atoms with van der Waals surface area (Å²) in [7, 11) is 0. The number of aromatic nitrogens is 2. The van der Waals surface area contributed by atoms with Gasteiger partial charge in [0.1, 0.15) is 0 Å². The van der Waals surface area contributed by atoms with Gasteiger partial charge in [-0.2, -0.15) is 0 Å². The van der Waals surface area contributed by atoms with Gasteiger partial charge in [0.2, 0.25) is 0 Å². The van der Waals surface area contributed by atoms with Crippen LogP contribution in [0.5, 0.6) is 0 Å². The Morgan fingerprint density at radius 1 is 1.55 bits per heavy atom. The van der Waals surface area contributed by atoms with Crippen molar-refractivity contribution in [1.82, 2.24) is 9.78 Å². The fourth-order valence-electron chi connectivity index (χ4n) is 1.05. The molecule has 0 radical (unpaired) electrons. The van der Waals surface area contributed by atoms with E-state index in [1.807, 2.05) is 0 Å². The summed E-state index contributed by atoms with van der Waals surface area (Å²) in [6, 6.07) is 1.55. The second kappa shape index (κ2) is 4.01. The van der Waals surface area contributed by atoms with E-state index in [1.165, 1.54) is 12.8 Å². The second-order valence-electron chi connectivity index (χ2n) is 2.66. The molecule has 0 amide bonds. The van der Waals surface area contributed by atoms with E-state index in [9.17, 15) is 4.79 Å². The molecule has 1 rings (SSSR count). The standard InChI is InChI=1S/C8H14N2O/c1-2-3-4-7-10-8(11)5-6-9-10/h5-6,9H,2-4,7H2,1H3. The van der Waals surface area contributed by atoms with Crippen molar-refractivity contribution >= 4 is 0 Å². The highest BCUT2D eigenvalue weighted by Crippen LogP contribution is 1.94. The second-order valence-corrected chi connectivity index (χ2v) is 2.66. The Hall–Kier alpha value is -0.990. The van der Waals surface area contributed by atoms with Gasteiger partial charge in [-0.15, -0.1) is 0 Å². The molecular weight excluding hydrogens is 140 g/mol. The van der Waals surface area contributed by atoms with Crippen LogP contribution in [0.3, 0.4) is 0 Å². The number of unbranched alkanes of at least 4 members (excludes halogenated alkanes) is 2. The summed E-state index contributed by atoms with van der Waals surface area (Å²) in [4.78, 5) is 10.9. The monoisotopic (exact) mass is 154 g/mol. The number of hydrogen-bond donors (Lipinski definition) is 1. The van der Waals surface area contributed by atoms with Crippen LogP contribution in [-0.4, -0.2) is 9.78 Å². The Morgan fingerprint density at radius 3 is 2.91 bits per heavy atom. The van der Waals surface area contributed by atoms with Crippen LogP contribution < -0.4 is 5.56 Å². The Kier molecular flexibility index (Phi) is 2.95. The Morgan fingerprint density at radius 2 is 2.36 bits per heavy atom. The molecule has 0 aromatic carbocycles. The van der Waals surface area contributed by atoms with Gasteiger partial charge in [-0.05, 0) is 6.42 Å². The molecule has 3 nitrogen and oxygen atoms in total. The minimum Gasteiger partial charge on any atom is -0.303 e. The number of aromatic amines is 1. The van der Waals surface area contributed by atoms with Gasteiger partial charge in [0.05, 0.1) is 0 Å². The van der Waals surface area contributed by atoms with Crippen molar-refractivity contribution in [1.29, 1.82) is 0 Å². The summed E-state index contributed by atoms with van der Waals surface area (Å²) in [5, 5.41) is 2.87. The topological polar surface area (TPSA) is 37.8 Å². The van der Waals surface area contributed by atoms with Gasteiger partial charge in [0, 0.05) is 18.8 Å². The number of aryl methyl sites for hydroxylation is 1. The first-order valence-electron chi connectivity index (χ1n) is 4.09. The number of hydrogen-bond acceptors (Lipinski definition) is 1. The molecule has 11 heavy (non-hydrogen) atoms. The zero-order valence-corrected chi connectivity index (χ0v) is 6.84. The van der Waals surface area contributed by atoms with Crippen molar-refractivity contribution in [2.75, 3.05) is 0 Å². The van der Waals surface area contributed by atoms with Gasteiger partial charge >= 0.3 is 0 Å². The molecule has 0 unspecified atom stereocenters. The molecule has 0 aliphatic carbocycles. The van der Waals surface area contributed by atoms with Crippen LogP contribution >= 0.6 is 0 Å². The quantitative estimate of drug-likeness (QED) is 0.653. The smallest absolute Gasteiger partial charge is 0.266 e. The summed E-state index contributed by atoms with van der Waals surface area (Å²) < 4.78 is 1.63. The molecule has 3 heteroatoms. The Labute approximate surface area is 66.0 Å². The zero-order valence-electron chi connectivity index (χ0n) is 6.84. The minimum atomic E-state index is 0.0705. The minimum absolute atomic E-state index is 0.0705. The van der Waals surface area contributed by atoms with Crippen LogP contribution in [0.2, 0.25) is 0 Å². The molecule has 0 aliphatic rings. The predicted octanol–water partition coefficient (Wildman–Crippen LogP) is 1.37. The maximum atomic E-state index is 10.9. The highest BCUT2D eigenvalue weighted by molar-refractivity contribution is 4.79. The molecule has 0 atom stereocenters. The van der Waals surface area contributed by atoms with Gasteiger partial charge in [0.15, 0.2) is 0 Å². The van der Waals surface area contributed by atoms with Crippen LogP contribution in [0.4, 0.5) is 0 Å².